The van der Waals surface area contributed by atoms with E-state index in [2.05, 4.69) is 36.4 Å². The summed E-state index contributed by atoms with van der Waals surface area (Å²) in [6.45, 7) is 0. The van der Waals surface area contributed by atoms with Gasteiger partial charge in [0.2, 0.25) is 0 Å². The van der Waals surface area contributed by atoms with Crippen molar-refractivity contribution in [1.82, 2.24) is 0 Å². The fourth-order valence-electron chi connectivity index (χ4n) is 2.45. The van der Waals surface area contributed by atoms with Crippen LogP contribution in [0.3, 0.4) is 0 Å². The number of hydrogen-bond acceptors (Lipinski definition) is 2. The Morgan fingerprint density at radius 2 is 1.62 bits per heavy atom. The summed E-state index contributed by atoms with van der Waals surface area (Å²) >= 11 is 0. The summed E-state index contributed by atoms with van der Waals surface area (Å²) < 4.78 is 10.9. The van der Waals surface area contributed by atoms with Gasteiger partial charge in [-0.05, 0) is 28.3 Å². The topological polar surface area (TPSA) is 18.5 Å². The molecule has 0 atom stereocenters. The van der Waals surface area contributed by atoms with Crippen molar-refractivity contribution in [2.45, 2.75) is 12.2 Å². The van der Waals surface area contributed by atoms with E-state index in [0.29, 0.717) is 0 Å². The van der Waals surface area contributed by atoms with Crippen LogP contribution in [0.5, 0.6) is 0 Å². The second kappa shape index (κ2) is 3.30. The quantitative estimate of drug-likeness (QED) is 0.705. The monoisotopic (exact) mass is 214 g/mol. The Kier molecular flexibility index (Phi) is 2.03. The highest BCUT2D eigenvalue weighted by molar-refractivity contribution is 6.17. The zero-order chi connectivity index (χ0) is 11.2. The van der Waals surface area contributed by atoms with Crippen molar-refractivity contribution in [1.29, 1.82) is 0 Å². The molecule has 0 fully saturated rings. The van der Waals surface area contributed by atoms with Gasteiger partial charge in [0.25, 0.3) is 0 Å². The lowest BCUT2D eigenvalue weighted by Gasteiger charge is -2.37. The van der Waals surface area contributed by atoms with Crippen molar-refractivity contribution in [3.8, 4) is 0 Å². The number of methoxy groups -OCH3 is 2. The molecule has 0 unspecified atom stereocenters. The average Bonchev–Trinajstić information content (AvgIpc) is 2.35. The van der Waals surface area contributed by atoms with Crippen LogP contribution in [-0.2, 0) is 9.47 Å². The molecule has 3 rings (SSSR count). The van der Waals surface area contributed by atoms with Gasteiger partial charge < -0.3 is 9.47 Å². The first-order chi connectivity index (χ1) is 7.79. The average molecular weight is 214 g/mol. The third kappa shape index (κ3) is 1.14. The van der Waals surface area contributed by atoms with Gasteiger partial charge in [0.15, 0.2) is 5.79 Å². The van der Waals surface area contributed by atoms with Gasteiger partial charge in [-0.15, -0.1) is 0 Å². The number of rotatable bonds is 2. The molecular weight excluding hydrogens is 200 g/mol. The van der Waals surface area contributed by atoms with Crippen LogP contribution in [-0.4, -0.2) is 20.0 Å². The Bertz CT molecular complexity index is 493. The Labute approximate surface area is 95.2 Å². The van der Waals surface area contributed by atoms with E-state index in [4.69, 9.17) is 9.47 Å². The highest BCUT2D eigenvalue weighted by atomic mass is 16.7. The molecule has 82 valence electrons. The van der Waals surface area contributed by atoms with Crippen LogP contribution in [0, 0.1) is 0 Å². The summed E-state index contributed by atoms with van der Waals surface area (Å²) in [4.78, 5) is 0. The number of hydrogen-bond donors (Lipinski definition) is 0. The van der Waals surface area contributed by atoms with E-state index in [1.165, 1.54) is 22.3 Å². The number of fused-ring (bicyclic) bond motifs is 4. The van der Waals surface area contributed by atoms with E-state index in [1.54, 1.807) is 14.2 Å². The van der Waals surface area contributed by atoms with E-state index in [-0.39, 0.29) is 0 Å². The van der Waals surface area contributed by atoms with Crippen LogP contribution in [0.2, 0.25) is 0 Å². The van der Waals surface area contributed by atoms with Crippen molar-refractivity contribution in [2.75, 3.05) is 14.2 Å². The second-order valence-corrected chi connectivity index (χ2v) is 4.15. The van der Waals surface area contributed by atoms with Gasteiger partial charge in [0, 0.05) is 20.6 Å². The summed E-state index contributed by atoms with van der Waals surface area (Å²) in [5.74, 6) is -0.577. The van der Waals surface area contributed by atoms with E-state index in [9.17, 15) is 0 Å². The largest absolute Gasteiger partial charge is 0.349 e. The van der Waals surface area contributed by atoms with Gasteiger partial charge >= 0.3 is 0 Å². The Morgan fingerprint density at radius 3 is 2.25 bits per heavy atom. The lowest BCUT2D eigenvalue weighted by molar-refractivity contribution is -0.167. The highest BCUT2D eigenvalue weighted by Crippen LogP contribution is 2.49. The molecule has 0 amide bonds. The predicted molar refractivity (Wildman–Crippen MR) is 63.8 cm³/mol. The molecule has 0 saturated carbocycles. The molecule has 0 heterocycles. The van der Waals surface area contributed by atoms with Gasteiger partial charge in [-0.3, -0.25) is 0 Å². The maximum absolute atomic E-state index is 5.45. The second-order valence-electron chi connectivity index (χ2n) is 4.15. The van der Waals surface area contributed by atoms with Gasteiger partial charge in [0.05, 0.1) is 0 Å². The van der Waals surface area contributed by atoms with Crippen LogP contribution in [0.1, 0.15) is 17.5 Å². The Morgan fingerprint density at radius 1 is 1.00 bits per heavy atom. The number of allylic oxidation sites excluding steroid dienone is 2. The normalized spacial score (nSPS) is 20.1. The van der Waals surface area contributed by atoms with Gasteiger partial charge in [-0.2, -0.15) is 0 Å². The molecule has 0 N–H and O–H groups in total. The Balaban J connectivity index is 2.09. The van der Waals surface area contributed by atoms with Gasteiger partial charge in [-0.1, -0.05) is 30.3 Å². The molecule has 0 aliphatic heterocycles. The number of ether oxygens (including phenoxy) is 2. The molecule has 2 aliphatic rings. The minimum atomic E-state index is -0.577. The van der Waals surface area contributed by atoms with Crippen molar-refractivity contribution < 1.29 is 9.47 Å². The fourth-order valence-corrected chi connectivity index (χ4v) is 2.45. The van der Waals surface area contributed by atoms with Crippen molar-refractivity contribution >= 4 is 11.1 Å². The first-order valence-corrected chi connectivity index (χ1v) is 5.43. The summed E-state index contributed by atoms with van der Waals surface area (Å²) in [5.41, 5.74) is 5.23. The molecule has 16 heavy (non-hydrogen) atoms. The van der Waals surface area contributed by atoms with Crippen molar-refractivity contribution in [3.05, 3.63) is 47.5 Å². The van der Waals surface area contributed by atoms with Crippen molar-refractivity contribution in [2.24, 2.45) is 0 Å². The van der Waals surface area contributed by atoms with E-state index >= 15 is 0 Å². The standard InChI is InChI=1S/C14H14O2/c1-15-14(16-2)8-7-12-10-5-3-4-6-11(10)13(12)9-14/h3-7,9H,8H2,1-2H3. The molecule has 0 saturated heterocycles. The smallest absolute Gasteiger partial charge is 0.191 e. The summed E-state index contributed by atoms with van der Waals surface area (Å²) in [6, 6.07) is 8.43. The minimum Gasteiger partial charge on any atom is -0.349 e. The van der Waals surface area contributed by atoms with E-state index in [0.717, 1.165) is 6.42 Å². The number of benzene rings is 1. The first kappa shape index (κ1) is 9.82. The highest BCUT2D eigenvalue weighted by Gasteiger charge is 2.36. The van der Waals surface area contributed by atoms with Crippen molar-refractivity contribution in [3.63, 3.8) is 0 Å². The minimum absolute atomic E-state index is 0.577. The molecule has 2 nitrogen and oxygen atoms in total. The van der Waals surface area contributed by atoms with Crippen LogP contribution in [0.25, 0.3) is 11.1 Å². The fraction of sp³-hybridized carbons (Fsp3) is 0.286. The first-order valence-electron chi connectivity index (χ1n) is 5.43. The molecule has 1 aromatic rings. The van der Waals surface area contributed by atoms with E-state index in [1.807, 2.05) is 0 Å². The van der Waals surface area contributed by atoms with Crippen LogP contribution >= 0.6 is 0 Å². The maximum atomic E-state index is 5.45. The zero-order valence-corrected chi connectivity index (χ0v) is 9.49. The Hall–Kier alpha value is -1.38. The molecule has 0 aromatic heterocycles. The SMILES string of the molecule is COC1(OC)C=C2C(=CC1)c1ccccc12. The molecule has 0 spiro atoms. The lowest BCUT2D eigenvalue weighted by Crippen LogP contribution is -2.34. The summed E-state index contributed by atoms with van der Waals surface area (Å²) in [7, 11) is 3.37. The van der Waals surface area contributed by atoms with Crippen LogP contribution < -0.4 is 0 Å². The van der Waals surface area contributed by atoms with Crippen LogP contribution in [0.4, 0.5) is 0 Å². The predicted octanol–water partition coefficient (Wildman–Crippen LogP) is 2.86. The van der Waals surface area contributed by atoms with E-state index < -0.39 is 5.79 Å². The molecule has 1 aromatic carbocycles. The molecule has 2 aliphatic carbocycles. The third-order valence-corrected chi connectivity index (χ3v) is 3.44. The summed E-state index contributed by atoms with van der Waals surface area (Å²) in [6.07, 6.45) is 5.06. The van der Waals surface area contributed by atoms with Crippen LogP contribution in [0.15, 0.2) is 36.4 Å². The van der Waals surface area contributed by atoms with Gasteiger partial charge in [0.1, 0.15) is 0 Å². The zero-order valence-electron chi connectivity index (χ0n) is 9.49. The summed E-state index contributed by atoms with van der Waals surface area (Å²) in [5, 5.41) is 0. The molecule has 2 heteroatoms. The maximum Gasteiger partial charge on any atom is 0.191 e. The van der Waals surface area contributed by atoms with Gasteiger partial charge in [-0.25, -0.2) is 0 Å². The molecular formula is C14H14O2. The molecule has 0 radical (unpaired) electrons. The lowest BCUT2D eigenvalue weighted by atomic mass is 9.73. The molecule has 0 bridgehead atoms. The third-order valence-electron chi connectivity index (χ3n) is 3.44.